The Bertz CT molecular complexity index is 596. The van der Waals surface area contributed by atoms with E-state index < -0.39 is 0 Å². The van der Waals surface area contributed by atoms with E-state index in [9.17, 15) is 0 Å². The van der Waals surface area contributed by atoms with E-state index in [1.54, 1.807) is 0 Å². The van der Waals surface area contributed by atoms with Gasteiger partial charge in [0.2, 0.25) is 0 Å². The molecule has 20 heavy (non-hydrogen) atoms. The predicted molar refractivity (Wildman–Crippen MR) is 80.9 cm³/mol. The van der Waals surface area contributed by atoms with E-state index >= 15 is 0 Å². The molecule has 104 valence electrons. The molecule has 5 heteroatoms. The second-order valence-corrected chi connectivity index (χ2v) is 4.85. The van der Waals surface area contributed by atoms with Gasteiger partial charge in [-0.15, -0.1) is 0 Å². The highest BCUT2D eigenvalue weighted by Crippen LogP contribution is 2.10. The number of nitrogens with one attached hydrogen (secondary N) is 1. The molecule has 0 aliphatic carbocycles. The van der Waals surface area contributed by atoms with Crippen LogP contribution in [0.5, 0.6) is 0 Å². The van der Waals surface area contributed by atoms with Gasteiger partial charge in [-0.3, -0.25) is 0 Å². The first-order chi connectivity index (χ1) is 9.69. The fourth-order valence-electron chi connectivity index (χ4n) is 1.85. The molecule has 0 unspecified atom stereocenters. The third kappa shape index (κ3) is 3.98. The Hall–Kier alpha value is -2.04. The lowest BCUT2D eigenvalue weighted by Gasteiger charge is -2.06. The zero-order valence-electron chi connectivity index (χ0n) is 10.9. The smallest absolute Gasteiger partial charge is 0.170 e. The normalized spacial score (nSPS) is 11.6. The topological polar surface area (TPSA) is 70.6 Å². The van der Waals surface area contributed by atoms with Gasteiger partial charge < -0.3 is 16.3 Å². The van der Waals surface area contributed by atoms with Crippen LogP contribution in [0.3, 0.4) is 0 Å². The van der Waals surface area contributed by atoms with Crippen LogP contribution >= 0.6 is 11.6 Å². The van der Waals surface area contributed by atoms with E-state index in [1.165, 1.54) is 0 Å². The number of amidine groups is 1. The summed E-state index contributed by atoms with van der Waals surface area (Å²) in [5.74, 6) is 0.114. The van der Waals surface area contributed by atoms with Crippen LogP contribution in [0.15, 0.2) is 53.7 Å². The van der Waals surface area contributed by atoms with Crippen molar-refractivity contribution in [2.24, 2.45) is 10.9 Å². The van der Waals surface area contributed by atoms with E-state index in [0.29, 0.717) is 5.56 Å². The number of hydrogen-bond donors (Lipinski definition) is 3. The van der Waals surface area contributed by atoms with Crippen molar-refractivity contribution in [2.45, 2.75) is 13.1 Å². The van der Waals surface area contributed by atoms with Crippen LogP contribution < -0.4 is 11.1 Å². The lowest BCUT2D eigenvalue weighted by Crippen LogP contribution is -2.14. The molecule has 2 rings (SSSR count). The Morgan fingerprint density at radius 3 is 2.45 bits per heavy atom. The lowest BCUT2D eigenvalue weighted by atomic mass is 10.1. The summed E-state index contributed by atoms with van der Waals surface area (Å²) in [4.78, 5) is 0. The number of nitrogens with zero attached hydrogens (tertiary/aromatic N) is 1. The molecular weight excluding hydrogens is 274 g/mol. The Morgan fingerprint density at radius 1 is 1.10 bits per heavy atom. The van der Waals surface area contributed by atoms with Gasteiger partial charge in [-0.05, 0) is 23.3 Å². The summed E-state index contributed by atoms with van der Waals surface area (Å²) in [7, 11) is 0. The molecule has 4 N–H and O–H groups in total. The Morgan fingerprint density at radius 2 is 1.80 bits per heavy atom. The first kappa shape index (κ1) is 14.4. The average molecular weight is 290 g/mol. The second-order valence-electron chi connectivity index (χ2n) is 4.42. The summed E-state index contributed by atoms with van der Waals surface area (Å²) in [6.45, 7) is 1.49. The summed E-state index contributed by atoms with van der Waals surface area (Å²) < 4.78 is 0. The maximum absolute atomic E-state index is 8.59. The predicted octanol–water partition coefficient (Wildman–Crippen LogP) is 2.72. The SMILES string of the molecule is NC(=NO)c1ccc(CNCc2cccc(Cl)c2)cc1. The van der Waals surface area contributed by atoms with E-state index in [4.69, 9.17) is 22.5 Å². The van der Waals surface area contributed by atoms with Gasteiger partial charge in [-0.25, -0.2) is 0 Å². The van der Waals surface area contributed by atoms with Gasteiger partial charge >= 0.3 is 0 Å². The number of halogens is 1. The summed E-state index contributed by atoms with van der Waals surface area (Å²) >= 11 is 5.93. The standard InChI is InChI=1S/C15H16ClN3O/c16-14-3-1-2-12(8-14)10-18-9-11-4-6-13(7-5-11)15(17)19-20/h1-8,18,20H,9-10H2,(H2,17,19). The highest BCUT2D eigenvalue weighted by Gasteiger charge is 1.99. The van der Waals surface area contributed by atoms with E-state index in [2.05, 4.69) is 10.5 Å². The minimum Gasteiger partial charge on any atom is -0.409 e. The van der Waals surface area contributed by atoms with Crippen molar-refractivity contribution in [1.82, 2.24) is 5.32 Å². The molecule has 0 aliphatic heterocycles. The number of nitrogens with two attached hydrogens (primary N) is 1. The van der Waals surface area contributed by atoms with Crippen molar-refractivity contribution in [1.29, 1.82) is 0 Å². The van der Waals surface area contributed by atoms with E-state index in [-0.39, 0.29) is 5.84 Å². The first-order valence-electron chi connectivity index (χ1n) is 6.21. The minimum absolute atomic E-state index is 0.114. The zero-order valence-corrected chi connectivity index (χ0v) is 11.6. The van der Waals surface area contributed by atoms with Crippen LogP contribution in [-0.4, -0.2) is 11.0 Å². The van der Waals surface area contributed by atoms with Crippen molar-refractivity contribution >= 4 is 17.4 Å². The highest BCUT2D eigenvalue weighted by molar-refractivity contribution is 6.30. The molecule has 0 aliphatic rings. The molecule has 0 atom stereocenters. The molecule has 2 aromatic rings. The maximum atomic E-state index is 8.59. The van der Waals surface area contributed by atoms with Crippen LogP contribution in [0, 0.1) is 0 Å². The van der Waals surface area contributed by atoms with Gasteiger partial charge in [0.25, 0.3) is 0 Å². The fourth-order valence-corrected chi connectivity index (χ4v) is 2.06. The Labute approximate surface area is 122 Å². The van der Waals surface area contributed by atoms with Gasteiger partial charge in [0.1, 0.15) is 0 Å². The van der Waals surface area contributed by atoms with Crippen molar-refractivity contribution in [2.75, 3.05) is 0 Å². The van der Waals surface area contributed by atoms with Crippen molar-refractivity contribution in [3.8, 4) is 0 Å². The quantitative estimate of drug-likeness (QED) is 0.343. The minimum atomic E-state index is 0.114. The lowest BCUT2D eigenvalue weighted by molar-refractivity contribution is 0.318. The second kappa shape index (κ2) is 6.93. The molecular formula is C15H16ClN3O. The third-order valence-electron chi connectivity index (χ3n) is 2.90. The van der Waals surface area contributed by atoms with Crippen molar-refractivity contribution < 1.29 is 5.21 Å². The molecule has 0 saturated carbocycles. The molecule has 0 bridgehead atoms. The van der Waals surface area contributed by atoms with Gasteiger partial charge in [-0.1, -0.05) is 53.2 Å². The van der Waals surface area contributed by atoms with Crippen molar-refractivity contribution in [3.63, 3.8) is 0 Å². The molecule has 0 spiro atoms. The van der Waals surface area contributed by atoms with Crippen LogP contribution in [0.25, 0.3) is 0 Å². The largest absolute Gasteiger partial charge is 0.409 e. The zero-order chi connectivity index (χ0) is 14.4. The summed E-state index contributed by atoms with van der Waals surface area (Å²) in [6, 6.07) is 15.3. The molecule has 4 nitrogen and oxygen atoms in total. The van der Waals surface area contributed by atoms with Crippen LogP contribution in [0.1, 0.15) is 16.7 Å². The van der Waals surface area contributed by atoms with Gasteiger partial charge in [0.05, 0.1) is 0 Å². The molecule has 0 heterocycles. The molecule has 2 aromatic carbocycles. The first-order valence-corrected chi connectivity index (χ1v) is 6.59. The monoisotopic (exact) mass is 289 g/mol. The highest BCUT2D eigenvalue weighted by atomic mass is 35.5. The summed E-state index contributed by atoms with van der Waals surface area (Å²) in [5, 5.41) is 15.6. The fraction of sp³-hybridized carbons (Fsp3) is 0.133. The van der Waals surface area contributed by atoms with Crippen molar-refractivity contribution in [3.05, 3.63) is 70.2 Å². The van der Waals surface area contributed by atoms with E-state index in [0.717, 1.165) is 29.2 Å². The summed E-state index contributed by atoms with van der Waals surface area (Å²) in [6.07, 6.45) is 0. The number of hydrogen-bond acceptors (Lipinski definition) is 3. The number of benzene rings is 2. The van der Waals surface area contributed by atoms with Crippen LogP contribution in [0.2, 0.25) is 5.02 Å². The molecule has 0 fully saturated rings. The number of oxime groups is 1. The molecule has 0 saturated heterocycles. The average Bonchev–Trinajstić information content (AvgIpc) is 2.47. The molecule has 0 radical (unpaired) electrons. The number of rotatable bonds is 5. The Kier molecular flexibility index (Phi) is 4.98. The van der Waals surface area contributed by atoms with E-state index in [1.807, 2.05) is 48.5 Å². The van der Waals surface area contributed by atoms with Gasteiger partial charge in [0, 0.05) is 23.7 Å². The van der Waals surface area contributed by atoms with Gasteiger partial charge in [0.15, 0.2) is 5.84 Å². The molecule has 0 aromatic heterocycles. The summed E-state index contributed by atoms with van der Waals surface area (Å²) in [5.41, 5.74) is 8.48. The third-order valence-corrected chi connectivity index (χ3v) is 3.14. The van der Waals surface area contributed by atoms with Crippen LogP contribution in [0.4, 0.5) is 0 Å². The maximum Gasteiger partial charge on any atom is 0.170 e. The molecule has 0 amide bonds. The van der Waals surface area contributed by atoms with Crippen LogP contribution in [-0.2, 0) is 13.1 Å². The van der Waals surface area contributed by atoms with Gasteiger partial charge in [-0.2, -0.15) is 0 Å². The Balaban J connectivity index is 1.88.